The third-order valence-electron chi connectivity index (χ3n) is 1.84. The molecule has 0 spiro atoms. The summed E-state index contributed by atoms with van der Waals surface area (Å²) in [6.45, 7) is 0.490. The number of oxazole rings is 1. The molecule has 78 valence electrons. The van der Waals surface area contributed by atoms with E-state index in [2.05, 4.69) is 4.98 Å². The minimum Gasteiger partial charge on any atom is -0.440 e. The van der Waals surface area contributed by atoms with Crippen LogP contribution in [0, 0.1) is 0 Å². The molecule has 0 aliphatic heterocycles. The van der Waals surface area contributed by atoms with Crippen molar-refractivity contribution in [2.75, 3.05) is 0 Å². The van der Waals surface area contributed by atoms with E-state index in [9.17, 15) is 0 Å². The molecule has 2 rings (SSSR count). The van der Waals surface area contributed by atoms with Crippen LogP contribution in [0.25, 0.3) is 0 Å². The lowest BCUT2D eigenvalue weighted by molar-refractivity contribution is 0.454. The van der Waals surface area contributed by atoms with Gasteiger partial charge >= 0.3 is 0 Å². The van der Waals surface area contributed by atoms with E-state index in [0.717, 1.165) is 10.5 Å². The van der Waals surface area contributed by atoms with Crippen LogP contribution >= 0.6 is 23.4 Å². The van der Waals surface area contributed by atoms with Gasteiger partial charge in [-0.3, -0.25) is 0 Å². The first kappa shape index (κ1) is 10.5. The topological polar surface area (TPSA) is 52.0 Å². The Morgan fingerprint density at radius 3 is 2.93 bits per heavy atom. The van der Waals surface area contributed by atoms with E-state index in [4.69, 9.17) is 21.8 Å². The zero-order valence-electron chi connectivity index (χ0n) is 7.81. The third-order valence-corrected chi connectivity index (χ3v) is 3.22. The van der Waals surface area contributed by atoms with Crippen LogP contribution in [0.1, 0.15) is 5.56 Å². The number of rotatable bonds is 3. The van der Waals surface area contributed by atoms with Gasteiger partial charge in [0.05, 0.1) is 11.2 Å². The second-order valence-corrected chi connectivity index (χ2v) is 4.27. The number of halogens is 1. The van der Waals surface area contributed by atoms with Crippen LogP contribution < -0.4 is 5.73 Å². The highest BCUT2D eigenvalue weighted by molar-refractivity contribution is 7.99. The highest BCUT2D eigenvalue weighted by Gasteiger charge is 2.06. The van der Waals surface area contributed by atoms with Crippen molar-refractivity contribution in [3.8, 4) is 0 Å². The molecule has 0 bridgehead atoms. The highest BCUT2D eigenvalue weighted by Crippen LogP contribution is 2.32. The molecule has 0 unspecified atom stereocenters. The summed E-state index contributed by atoms with van der Waals surface area (Å²) in [6, 6.07) is 5.71. The van der Waals surface area contributed by atoms with Gasteiger partial charge in [0, 0.05) is 11.4 Å². The number of benzene rings is 1. The van der Waals surface area contributed by atoms with Gasteiger partial charge in [0.1, 0.15) is 6.26 Å². The second-order valence-electron chi connectivity index (χ2n) is 2.87. The van der Waals surface area contributed by atoms with E-state index in [1.807, 2.05) is 18.2 Å². The quantitative estimate of drug-likeness (QED) is 0.896. The minimum atomic E-state index is 0.490. The summed E-state index contributed by atoms with van der Waals surface area (Å²) < 4.78 is 5.12. The number of hydrogen-bond donors (Lipinski definition) is 1. The molecule has 2 N–H and O–H groups in total. The molecule has 2 aromatic rings. The van der Waals surface area contributed by atoms with Gasteiger partial charge in [0.15, 0.2) is 0 Å². The fourth-order valence-electron chi connectivity index (χ4n) is 1.11. The van der Waals surface area contributed by atoms with Crippen LogP contribution in [0.2, 0.25) is 5.02 Å². The molecule has 15 heavy (non-hydrogen) atoms. The number of hydrogen-bond acceptors (Lipinski definition) is 4. The first-order valence-electron chi connectivity index (χ1n) is 4.35. The molecule has 5 heteroatoms. The largest absolute Gasteiger partial charge is 0.440 e. The fourth-order valence-corrected chi connectivity index (χ4v) is 2.13. The van der Waals surface area contributed by atoms with Gasteiger partial charge in [-0.15, -0.1) is 0 Å². The van der Waals surface area contributed by atoms with Crippen molar-refractivity contribution in [3.05, 3.63) is 41.2 Å². The highest BCUT2D eigenvalue weighted by atomic mass is 35.5. The van der Waals surface area contributed by atoms with Crippen LogP contribution in [0.3, 0.4) is 0 Å². The summed E-state index contributed by atoms with van der Waals surface area (Å²) in [6.07, 6.45) is 3.13. The zero-order valence-corrected chi connectivity index (χ0v) is 9.39. The summed E-state index contributed by atoms with van der Waals surface area (Å²) in [7, 11) is 0. The molecule has 0 saturated heterocycles. The third kappa shape index (κ3) is 2.53. The second kappa shape index (κ2) is 4.70. The maximum Gasteiger partial charge on any atom is 0.260 e. The predicted octanol–water partition coefficient (Wildman–Crippen LogP) is 2.94. The Morgan fingerprint density at radius 1 is 1.47 bits per heavy atom. The SMILES string of the molecule is NCc1ccc(Sc2ncco2)c(Cl)c1. The first-order valence-corrected chi connectivity index (χ1v) is 5.55. The van der Waals surface area contributed by atoms with Crippen molar-refractivity contribution in [2.24, 2.45) is 5.73 Å². The lowest BCUT2D eigenvalue weighted by Gasteiger charge is -2.02. The van der Waals surface area contributed by atoms with Gasteiger partial charge in [-0.2, -0.15) is 0 Å². The molecule has 0 radical (unpaired) electrons. The van der Waals surface area contributed by atoms with Crippen molar-refractivity contribution < 1.29 is 4.42 Å². The minimum absolute atomic E-state index is 0.490. The number of aromatic nitrogens is 1. The van der Waals surface area contributed by atoms with Crippen LogP contribution in [0.5, 0.6) is 0 Å². The number of nitrogens with two attached hydrogens (primary N) is 1. The van der Waals surface area contributed by atoms with E-state index in [1.54, 1.807) is 6.20 Å². The van der Waals surface area contributed by atoms with Gasteiger partial charge < -0.3 is 10.2 Å². The Balaban J connectivity index is 2.22. The summed E-state index contributed by atoms with van der Waals surface area (Å²) in [5.74, 6) is 0. The lowest BCUT2D eigenvalue weighted by Crippen LogP contribution is -1.95. The lowest BCUT2D eigenvalue weighted by atomic mass is 10.2. The van der Waals surface area contributed by atoms with Crippen LogP contribution in [0.15, 0.2) is 45.2 Å². The maximum atomic E-state index is 6.08. The molecule has 1 heterocycles. The molecule has 1 aromatic heterocycles. The van der Waals surface area contributed by atoms with Gasteiger partial charge in [0.2, 0.25) is 0 Å². The van der Waals surface area contributed by atoms with Crippen LogP contribution in [-0.4, -0.2) is 4.98 Å². The number of nitrogens with zero attached hydrogens (tertiary/aromatic N) is 1. The van der Waals surface area contributed by atoms with Gasteiger partial charge in [-0.1, -0.05) is 17.7 Å². The molecule has 0 fully saturated rings. The van der Waals surface area contributed by atoms with Gasteiger partial charge in [0.25, 0.3) is 5.22 Å². The van der Waals surface area contributed by atoms with E-state index >= 15 is 0 Å². The average molecular weight is 241 g/mol. The van der Waals surface area contributed by atoms with Crippen molar-refractivity contribution >= 4 is 23.4 Å². The first-order chi connectivity index (χ1) is 7.29. The van der Waals surface area contributed by atoms with Crippen LogP contribution in [-0.2, 0) is 6.54 Å². The fraction of sp³-hybridized carbons (Fsp3) is 0.100. The molecule has 0 aliphatic rings. The maximum absolute atomic E-state index is 6.08. The van der Waals surface area contributed by atoms with Gasteiger partial charge in [-0.05, 0) is 29.5 Å². The van der Waals surface area contributed by atoms with Crippen molar-refractivity contribution in [3.63, 3.8) is 0 Å². The van der Waals surface area contributed by atoms with Crippen molar-refractivity contribution in [1.82, 2.24) is 4.98 Å². The predicted molar refractivity (Wildman–Crippen MR) is 60.0 cm³/mol. The molecule has 3 nitrogen and oxygen atoms in total. The molecule has 0 atom stereocenters. The Kier molecular flexibility index (Phi) is 3.30. The summed E-state index contributed by atoms with van der Waals surface area (Å²) in [4.78, 5) is 4.92. The smallest absolute Gasteiger partial charge is 0.260 e. The van der Waals surface area contributed by atoms with E-state index in [1.165, 1.54) is 18.0 Å². The standard InChI is InChI=1S/C10H9ClN2OS/c11-8-5-7(6-12)1-2-9(8)15-10-13-3-4-14-10/h1-5H,6,12H2. The monoisotopic (exact) mass is 240 g/mol. The summed E-state index contributed by atoms with van der Waals surface area (Å²) >= 11 is 7.47. The molecule has 0 saturated carbocycles. The Labute approximate surface area is 96.6 Å². The summed E-state index contributed by atoms with van der Waals surface area (Å²) in [5.41, 5.74) is 6.52. The van der Waals surface area contributed by atoms with E-state index in [-0.39, 0.29) is 0 Å². The molecule has 1 aromatic carbocycles. The van der Waals surface area contributed by atoms with Gasteiger partial charge in [-0.25, -0.2) is 4.98 Å². The molecular weight excluding hydrogens is 232 g/mol. The summed E-state index contributed by atoms with van der Waals surface area (Å²) in [5, 5.41) is 1.25. The molecule has 0 amide bonds. The van der Waals surface area contributed by atoms with E-state index in [0.29, 0.717) is 16.8 Å². The Morgan fingerprint density at radius 2 is 2.33 bits per heavy atom. The molecule has 0 aliphatic carbocycles. The van der Waals surface area contributed by atoms with Crippen LogP contribution in [0.4, 0.5) is 0 Å². The normalized spacial score (nSPS) is 10.5. The van der Waals surface area contributed by atoms with Crippen molar-refractivity contribution in [1.29, 1.82) is 0 Å². The molecular formula is C10H9ClN2OS. The van der Waals surface area contributed by atoms with E-state index < -0.39 is 0 Å². The Bertz CT molecular complexity index is 445. The van der Waals surface area contributed by atoms with Crippen molar-refractivity contribution in [2.45, 2.75) is 16.7 Å². The average Bonchev–Trinajstić information content (AvgIpc) is 2.74. The Hall–Kier alpha value is -0.970. The zero-order chi connectivity index (χ0) is 10.7.